The second-order valence-corrected chi connectivity index (χ2v) is 4.04. The van der Waals surface area contributed by atoms with Gasteiger partial charge in [0, 0.05) is 5.92 Å². The van der Waals surface area contributed by atoms with Crippen LogP contribution in [0.3, 0.4) is 0 Å². The molecule has 1 aliphatic carbocycles. The lowest BCUT2D eigenvalue weighted by atomic mass is 9.94. The molecule has 0 saturated heterocycles. The maximum atomic E-state index is 5.67. The minimum absolute atomic E-state index is 0.271. The number of hydrogen-bond acceptors (Lipinski definition) is 1. The van der Waals surface area contributed by atoms with Gasteiger partial charge in [0.05, 0.1) is 12.2 Å². The summed E-state index contributed by atoms with van der Waals surface area (Å²) in [5.74, 6) is 0.469. The van der Waals surface area contributed by atoms with Crippen LogP contribution in [0.4, 0.5) is 0 Å². The third kappa shape index (κ3) is 4.05. The SMILES string of the molecule is CC1C=CC2C=CC=CC2O1.CCCC. The van der Waals surface area contributed by atoms with Crippen LogP contribution < -0.4 is 0 Å². The first-order valence-electron chi connectivity index (χ1n) is 5.96. The lowest BCUT2D eigenvalue weighted by Gasteiger charge is -2.28. The summed E-state index contributed by atoms with van der Waals surface area (Å²) in [7, 11) is 0. The molecule has 1 nitrogen and oxygen atoms in total. The number of rotatable bonds is 1. The van der Waals surface area contributed by atoms with Crippen molar-refractivity contribution in [2.24, 2.45) is 5.92 Å². The Kier molecular flexibility index (Phi) is 5.41. The van der Waals surface area contributed by atoms with Crippen molar-refractivity contribution in [3.8, 4) is 0 Å². The highest BCUT2D eigenvalue weighted by atomic mass is 16.5. The summed E-state index contributed by atoms with van der Waals surface area (Å²) in [4.78, 5) is 0. The second-order valence-electron chi connectivity index (χ2n) is 4.04. The molecule has 3 atom stereocenters. The summed E-state index contributed by atoms with van der Waals surface area (Å²) in [6.45, 7) is 6.43. The summed E-state index contributed by atoms with van der Waals surface area (Å²) < 4.78 is 5.67. The molecule has 1 aliphatic heterocycles. The Morgan fingerprint density at radius 3 is 2.27 bits per heavy atom. The summed E-state index contributed by atoms with van der Waals surface area (Å²) in [6.07, 6.45) is 15.9. The second kappa shape index (κ2) is 6.62. The summed E-state index contributed by atoms with van der Waals surface area (Å²) >= 11 is 0. The Bertz CT molecular complexity index is 248. The van der Waals surface area contributed by atoms with Gasteiger partial charge in [-0.2, -0.15) is 0 Å². The fourth-order valence-electron chi connectivity index (χ4n) is 1.49. The molecular formula is C14H22O. The van der Waals surface area contributed by atoms with Crippen LogP contribution in [0.2, 0.25) is 0 Å². The van der Waals surface area contributed by atoms with Gasteiger partial charge in [0.1, 0.15) is 0 Å². The number of allylic oxidation sites excluding steroid dienone is 2. The third-order valence-corrected chi connectivity index (χ3v) is 2.60. The van der Waals surface area contributed by atoms with E-state index in [1.54, 1.807) is 0 Å². The van der Waals surface area contributed by atoms with Gasteiger partial charge in [-0.15, -0.1) is 0 Å². The summed E-state index contributed by atoms with van der Waals surface area (Å²) in [5.41, 5.74) is 0. The van der Waals surface area contributed by atoms with Crippen molar-refractivity contribution >= 4 is 0 Å². The smallest absolute Gasteiger partial charge is 0.0864 e. The Labute approximate surface area is 93.5 Å². The first-order chi connectivity index (χ1) is 7.27. The average Bonchev–Trinajstić information content (AvgIpc) is 2.29. The topological polar surface area (TPSA) is 9.23 Å². The highest BCUT2D eigenvalue weighted by Gasteiger charge is 2.21. The first-order valence-corrected chi connectivity index (χ1v) is 5.96. The van der Waals surface area contributed by atoms with Gasteiger partial charge in [-0.3, -0.25) is 0 Å². The van der Waals surface area contributed by atoms with Crippen molar-refractivity contribution in [2.45, 2.75) is 45.8 Å². The van der Waals surface area contributed by atoms with E-state index in [-0.39, 0.29) is 12.2 Å². The van der Waals surface area contributed by atoms with Gasteiger partial charge in [-0.1, -0.05) is 63.1 Å². The Morgan fingerprint density at radius 1 is 0.933 bits per heavy atom. The molecule has 0 fully saturated rings. The molecule has 0 aromatic heterocycles. The highest BCUT2D eigenvalue weighted by molar-refractivity contribution is 5.22. The monoisotopic (exact) mass is 206 g/mol. The van der Waals surface area contributed by atoms with Gasteiger partial charge >= 0.3 is 0 Å². The minimum Gasteiger partial charge on any atom is -0.366 e. The molecule has 0 saturated carbocycles. The molecule has 2 aliphatic rings. The zero-order valence-electron chi connectivity index (χ0n) is 10.0. The van der Waals surface area contributed by atoms with Crippen LogP contribution in [0.1, 0.15) is 33.6 Å². The average molecular weight is 206 g/mol. The Hall–Kier alpha value is -0.820. The van der Waals surface area contributed by atoms with Crippen molar-refractivity contribution in [1.29, 1.82) is 0 Å². The van der Waals surface area contributed by atoms with Crippen LogP contribution in [0, 0.1) is 5.92 Å². The highest BCUT2D eigenvalue weighted by Crippen LogP contribution is 2.23. The fraction of sp³-hybridized carbons (Fsp3) is 0.571. The normalized spacial score (nSPS) is 31.8. The van der Waals surface area contributed by atoms with Crippen molar-refractivity contribution in [3.05, 3.63) is 36.5 Å². The van der Waals surface area contributed by atoms with E-state index in [1.165, 1.54) is 12.8 Å². The van der Waals surface area contributed by atoms with Gasteiger partial charge in [-0.05, 0) is 6.92 Å². The molecule has 0 aromatic rings. The van der Waals surface area contributed by atoms with Crippen molar-refractivity contribution in [1.82, 2.24) is 0 Å². The standard InChI is InChI=1S/C10H12O.C4H10/c1-8-6-7-9-4-2-3-5-10(9)11-8;1-3-4-2/h2-10H,1H3;3-4H2,1-2H3. The van der Waals surface area contributed by atoms with E-state index in [0.29, 0.717) is 5.92 Å². The van der Waals surface area contributed by atoms with Crippen molar-refractivity contribution < 1.29 is 4.74 Å². The van der Waals surface area contributed by atoms with Crippen molar-refractivity contribution in [2.75, 3.05) is 0 Å². The van der Waals surface area contributed by atoms with Crippen LogP contribution in [-0.4, -0.2) is 12.2 Å². The van der Waals surface area contributed by atoms with Gasteiger partial charge in [0.25, 0.3) is 0 Å². The molecule has 0 amide bonds. The molecule has 2 rings (SSSR count). The predicted octanol–water partition coefficient (Wildman–Crippen LogP) is 3.88. The van der Waals surface area contributed by atoms with E-state index >= 15 is 0 Å². The van der Waals surface area contributed by atoms with E-state index in [1.807, 2.05) is 6.08 Å². The molecule has 1 heterocycles. The molecule has 84 valence electrons. The lowest BCUT2D eigenvalue weighted by Crippen LogP contribution is -2.28. The lowest BCUT2D eigenvalue weighted by molar-refractivity contribution is 0.0265. The molecular weight excluding hydrogens is 184 g/mol. The van der Waals surface area contributed by atoms with Gasteiger partial charge in [0.2, 0.25) is 0 Å². The van der Waals surface area contributed by atoms with Gasteiger partial charge < -0.3 is 4.74 Å². The summed E-state index contributed by atoms with van der Waals surface area (Å²) in [5, 5.41) is 0. The third-order valence-electron chi connectivity index (χ3n) is 2.60. The number of fused-ring (bicyclic) bond motifs is 1. The van der Waals surface area contributed by atoms with E-state index in [9.17, 15) is 0 Å². The molecule has 0 N–H and O–H groups in total. The molecule has 15 heavy (non-hydrogen) atoms. The maximum Gasteiger partial charge on any atom is 0.0864 e. The number of unbranched alkanes of at least 4 members (excludes halogenated alkanes) is 1. The zero-order valence-corrected chi connectivity index (χ0v) is 10.0. The number of ether oxygens (including phenoxy) is 1. The van der Waals surface area contributed by atoms with Crippen LogP contribution in [-0.2, 0) is 4.74 Å². The molecule has 0 bridgehead atoms. The fourth-order valence-corrected chi connectivity index (χ4v) is 1.49. The summed E-state index contributed by atoms with van der Waals surface area (Å²) in [6, 6.07) is 0. The molecule has 0 radical (unpaired) electrons. The molecule has 3 unspecified atom stereocenters. The van der Waals surface area contributed by atoms with Crippen LogP contribution >= 0.6 is 0 Å². The maximum absolute atomic E-state index is 5.67. The van der Waals surface area contributed by atoms with E-state index in [0.717, 1.165) is 0 Å². The molecule has 0 aromatic carbocycles. The first kappa shape index (κ1) is 12.3. The zero-order chi connectivity index (χ0) is 11.1. The Morgan fingerprint density at radius 2 is 1.60 bits per heavy atom. The van der Waals surface area contributed by atoms with Gasteiger partial charge in [-0.25, -0.2) is 0 Å². The minimum atomic E-state index is 0.271. The van der Waals surface area contributed by atoms with Crippen LogP contribution in [0.5, 0.6) is 0 Å². The number of hydrogen-bond donors (Lipinski definition) is 0. The largest absolute Gasteiger partial charge is 0.366 e. The Balaban J connectivity index is 0.000000245. The predicted molar refractivity (Wildman–Crippen MR) is 65.8 cm³/mol. The van der Waals surface area contributed by atoms with Crippen LogP contribution in [0.25, 0.3) is 0 Å². The quantitative estimate of drug-likeness (QED) is 0.592. The molecule has 0 spiro atoms. The van der Waals surface area contributed by atoms with Crippen molar-refractivity contribution in [3.63, 3.8) is 0 Å². The molecule has 1 heteroatoms. The van der Waals surface area contributed by atoms with Gasteiger partial charge in [0.15, 0.2) is 0 Å². The van der Waals surface area contributed by atoms with Crippen LogP contribution in [0.15, 0.2) is 36.5 Å². The van der Waals surface area contributed by atoms with E-state index in [4.69, 9.17) is 4.74 Å². The van der Waals surface area contributed by atoms with E-state index < -0.39 is 0 Å². The van der Waals surface area contributed by atoms with E-state index in [2.05, 4.69) is 51.2 Å².